The van der Waals surface area contributed by atoms with Gasteiger partial charge in [0, 0.05) is 29.7 Å². The number of hydrazine groups is 2. The van der Waals surface area contributed by atoms with Crippen LogP contribution >= 0.6 is 11.6 Å². The minimum absolute atomic E-state index is 0.0603. The van der Waals surface area contributed by atoms with Gasteiger partial charge in [-0.3, -0.25) is 4.98 Å². The average Bonchev–Trinajstić information content (AvgIpc) is 3.48. The molecule has 37 heavy (non-hydrogen) atoms. The van der Waals surface area contributed by atoms with E-state index in [4.69, 9.17) is 11.6 Å². The number of nitrogens with zero attached hydrogens (tertiary/aromatic N) is 3. The van der Waals surface area contributed by atoms with E-state index in [0.29, 0.717) is 44.1 Å². The molecule has 186 valence electrons. The van der Waals surface area contributed by atoms with Gasteiger partial charge in [0.05, 0.1) is 40.9 Å². The highest BCUT2D eigenvalue weighted by Gasteiger charge is 2.22. The van der Waals surface area contributed by atoms with E-state index in [0.717, 1.165) is 12.0 Å². The summed E-state index contributed by atoms with van der Waals surface area (Å²) in [5.74, 6) is -0.649. The van der Waals surface area contributed by atoms with Crippen LogP contribution in [-0.4, -0.2) is 9.97 Å². The van der Waals surface area contributed by atoms with Crippen molar-refractivity contribution in [3.8, 4) is 6.07 Å². The topological polar surface area (TPSA) is 110 Å². The lowest BCUT2D eigenvalue weighted by Crippen LogP contribution is -2.34. The van der Waals surface area contributed by atoms with Crippen molar-refractivity contribution >= 4 is 33.9 Å². The summed E-state index contributed by atoms with van der Waals surface area (Å²) in [6, 6.07) is 16.7. The SMILES string of the molecule is [2H][C@](Nc1cc(Cl)c2ncc(C#N)c(N[C@H](CC)c3ccccc3)c2c1)(C1=CNNN1)c1ccc(F)nc1. The van der Waals surface area contributed by atoms with E-state index in [1.54, 1.807) is 18.3 Å². The van der Waals surface area contributed by atoms with Gasteiger partial charge in [-0.2, -0.15) is 15.2 Å². The van der Waals surface area contributed by atoms with Gasteiger partial charge in [-0.1, -0.05) is 54.9 Å². The molecule has 0 amide bonds. The number of fused-ring (bicyclic) bond motifs is 1. The average molecular weight is 516 g/mol. The fourth-order valence-corrected chi connectivity index (χ4v) is 4.47. The number of nitriles is 1. The maximum Gasteiger partial charge on any atom is 0.212 e. The Labute approximate surface area is 219 Å². The smallest absolute Gasteiger partial charge is 0.212 e. The van der Waals surface area contributed by atoms with Crippen molar-refractivity contribution in [2.75, 3.05) is 10.6 Å². The van der Waals surface area contributed by atoms with Gasteiger partial charge in [-0.05, 0) is 35.7 Å². The zero-order valence-corrected chi connectivity index (χ0v) is 20.6. The second kappa shape index (κ2) is 10.7. The molecule has 0 saturated heterocycles. The Morgan fingerprint density at radius 3 is 2.62 bits per heavy atom. The lowest BCUT2D eigenvalue weighted by Gasteiger charge is -2.23. The van der Waals surface area contributed by atoms with Gasteiger partial charge in [-0.15, -0.1) is 0 Å². The largest absolute Gasteiger partial charge is 0.377 e. The van der Waals surface area contributed by atoms with Crippen molar-refractivity contribution in [1.82, 2.24) is 26.4 Å². The summed E-state index contributed by atoms with van der Waals surface area (Å²) in [7, 11) is 0. The number of anilines is 2. The Kier molecular flexibility index (Phi) is 6.66. The lowest BCUT2D eigenvalue weighted by atomic mass is 10.0. The molecule has 0 aliphatic carbocycles. The minimum Gasteiger partial charge on any atom is -0.377 e. The van der Waals surface area contributed by atoms with E-state index in [2.05, 4.69) is 50.0 Å². The number of aromatic nitrogens is 2. The maximum absolute atomic E-state index is 13.6. The van der Waals surface area contributed by atoms with Crippen molar-refractivity contribution in [1.29, 1.82) is 5.26 Å². The van der Waals surface area contributed by atoms with E-state index < -0.39 is 12.0 Å². The van der Waals surface area contributed by atoms with Gasteiger partial charge in [0.2, 0.25) is 5.95 Å². The summed E-state index contributed by atoms with van der Waals surface area (Å²) in [5, 5.41) is 17.6. The Balaban J connectivity index is 1.61. The molecular weight excluding hydrogens is 491 g/mol. The zero-order chi connectivity index (χ0) is 26.7. The Morgan fingerprint density at radius 1 is 1.11 bits per heavy atom. The van der Waals surface area contributed by atoms with Gasteiger partial charge in [0.1, 0.15) is 6.07 Å². The van der Waals surface area contributed by atoms with E-state index >= 15 is 0 Å². The highest BCUT2D eigenvalue weighted by Crippen LogP contribution is 2.37. The molecule has 0 bridgehead atoms. The lowest BCUT2D eigenvalue weighted by molar-refractivity contribution is 0.574. The second-order valence-corrected chi connectivity index (χ2v) is 8.76. The third kappa shape index (κ3) is 5.11. The molecule has 4 aromatic rings. The monoisotopic (exact) mass is 515 g/mol. The number of rotatable bonds is 8. The second-order valence-electron chi connectivity index (χ2n) is 8.35. The first-order valence-corrected chi connectivity index (χ1v) is 12.0. The number of pyridine rings is 2. The Morgan fingerprint density at radius 2 is 1.95 bits per heavy atom. The molecule has 3 heterocycles. The molecule has 0 saturated carbocycles. The third-order valence-corrected chi connectivity index (χ3v) is 6.30. The molecule has 1 aliphatic rings. The summed E-state index contributed by atoms with van der Waals surface area (Å²) >= 11 is 6.68. The molecule has 8 nitrogen and oxygen atoms in total. The van der Waals surface area contributed by atoms with Gasteiger partial charge in [-0.25, -0.2) is 4.98 Å². The first kappa shape index (κ1) is 23.0. The summed E-state index contributed by atoms with van der Waals surface area (Å²) in [6.45, 7) is 2.07. The number of hydrogen-bond acceptors (Lipinski definition) is 8. The molecule has 2 aromatic heterocycles. The number of benzene rings is 2. The predicted molar refractivity (Wildman–Crippen MR) is 143 cm³/mol. The number of halogens is 2. The van der Waals surface area contributed by atoms with Gasteiger partial charge >= 0.3 is 0 Å². The first-order chi connectivity index (χ1) is 18.4. The standard InChI is InChI=1S/C27H24ClFN8/c1-2-22(16-6-4-3-5-7-16)35-25-18(12-30)14-32-27-20(25)10-19(11-21(27)28)34-26(23-15-33-37-36-23)17-8-9-24(29)31-13-17/h3-11,13-15,22,26,33-34,36-37H,2H2,1H3,(H,32,35)/t22-,26-/m1/s1/i26D. The van der Waals surface area contributed by atoms with Gasteiger partial charge in [0.25, 0.3) is 0 Å². The molecule has 2 atom stereocenters. The van der Waals surface area contributed by atoms with Crippen LogP contribution in [-0.2, 0) is 0 Å². The summed E-state index contributed by atoms with van der Waals surface area (Å²) in [4.78, 5) is 8.17. The number of nitrogens with one attached hydrogen (secondary N) is 5. The van der Waals surface area contributed by atoms with Crippen molar-refractivity contribution in [3.63, 3.8) is 0 Å². The van der Waals surface area contributed by atoms with Crippen LogP contribution < -0.4 is 27.0 Å². The van der Waals surface area contributed by atoms with Crippen LogP contribution in [0.25, 0.3) is 10.9 Å². The molecule has 10 heteroatoms. The van der Waals surface area contributed by atoms with E-state index in [-0.39, 0.29) is 6.04 Å². The molecule has 5 rings (SSSR count). The van der Waals surface area contributed by atoms with E-state index in [1.165, 1.54) is 24.5 Å². The summed E-state index contributed by atoms with van der Waals surface area (Å²) in [6.07, 6.45) is 5.16. The fraction of sp³-hybridized carbons (Fsp3) is 0.148. The molecule has 0 radical (unpaired) electrons. The van der Waals surface area contributed by atoms with Crippen LogP contribution in [0.2, 0.25) is 5.02 Å². The molecule has 1 aliphatic heterocycles. The third-order valence-electron chi connectivity index (χ3n) is 6.01. The normalized spacial score (nSPS) is 15.4. The number of hydrogen-bond donors (Lipinski definition) is 5. The minimum atomic E-state index is -1.60. The molecule has 5 N–H and O–H groups in total. The molecule has 0 spiro atoms. The van der Waals surface area contributed by atoms with Crippen molar-refractivity contribution < 1.29 is 5.76 Å². The van der Waals surface area contributed by atoms with Gasteiger partial charge in [0.15, 0.2) is 0 Å². The van der Waals surface area contributed by atoms with Gasteiger partial charge < -0.3 is 21.5 Å². The molecule has 0 unspecified atom stereocenters. The summed E-state index contributed by atoms with van der Waals surface area (Å²) in [5.41, 5.74) is 12.3. The molecule has 2 aromatic carbocycles. The first-order valence-electron chi connectivity index (χ1n) is 12.1. The highest BCUT2D eigenvalue weighted by atomic mass is 35.5. The van der Waals surface area contributed by atoms with Crippen LogP contribution in [0.5, 0.6) is 0 Å². The molecule has 0 fully saturated rings. The quantitative estimate of drug-likeness (QED) is 0.197. The predicted octanol–water partition coefficient (Wildman–Crippen LogP) is 5.46. The Bertz CT molecular complexity index is 1540. The zero-order valence-electron chi connectivity index (χ0n) is 20.8. The fourth-order valence-electron chi connectivity index (χ4n) is 4.20. The van der Waals surface area contributed by atoms with Crippen molar-refractivity contribution in [2.24, 2.45) is 0 Å². The van der Waals surface area contributed by atoms with Crippen LogP contribution in [0.1, 0.15) is 43.5 Å². The van der Waals surface area contributed by atoms with Crippen molar-refractivity contribution in [3.05, 3.63) is 107 Å². The maximum atomic E-state index is 13.6. The van der Waals surface area contributed by atoms with Crippen LogP contribution in [0, 0.1) is 17.3 Å². The van der Waals surface area contributed by atoms with Crippen LogP contribution in [0.15, 0.2) is 78.9 Å². The highest BCUT2D eigenvalue weighted by molar-refractivity contribution is 6.35. The van der Waals surface area contributed by atoms with E-state index in [9.17, 15) is 11.0 Å². The van der Waals surface area contributed by atoms with E-state index in [1.807, 2.05) is 30.3 Å². The Hall–Kier alpha value is -4.39. The van der Waals surface area contributed by atoms with Crippen molar-refractivity contribution in [2.45, 2.75) is 25.4 Å². The van der Waals surface area contributed by atoms with Crippen LogP contribution in [0.3, 0.4) is 0 Å². The van der Waals surface area contributed by atoms with Crippen LogP contribution in [0.4, 0.5) is 15.8 Å². The molecular formula is C27H24ClFN8. The summed E-state index contributed by atoms with van der Waals surface area (Å²) < 4.78 is 22.9.